The number of benzene rings is 2. The molecule has 0 radical (unpaired) electrons. The Labute approximate surface area is 117 Å². The number of aryl methyl sites for hydroxylation is 1. The van der Waals surface area contributed by atoms with Gasteiger partial charge in [-0.15, -0.1) is 0 Å². The molecule has 0 aliphatic carbocycles. The quantitative estimate of drug-likeness (QED) is 0.928. The molecule has 2 aromatic rings. The minimum atomic E-state index is -0.577. The van der Waals surface area contributed by atoms with Gasteiger partial charge in [0.25, 0.3) is 0 Å². The zero-order chi connectivity index (χ0) is 14.7. The second kappa shape index (κ2) is 6.01. The standard InChI is InChI=1S/C16H17F2NO/c1-10-6-7-11(16(8-10)20-2)15(19)9-12-13(17)4-3-5-14(12)18/h3-8,15H,9,19H2,1-2H3. The smallest absolute Gasteiger partial charge is 0.129 e. The average molecular weight is 277 g/mol. The van der Waals surface area contributed by atoms with Crippen molar-refractivity contribution in [1.29, 1.82) is 0 Å². The van der Waals surface area contributed by atoms with E-state index in [-0.39, 0.29) is 12.0 Å². The summed E-state index contributed by atoms with van der Waals surface area (Å²) < 4.78 is 32.6. The summed E-state index contributed by atoms with van der Waals surface area (Å²) in [6, 6.07) is 8.86. The Morgan fingerprint density at radius 3 is 2.40 bits per heavy atom. The topological polar surface area (TPSA) is 35.2 Å². The molecular weight excluding hydrogens is 260 g/mol. The number of ether oxygens (including phenoxy) is 1. The molecule has 2 rings (SSSR count). The second-order valence-electron chi connectivity index (χ2n) is 4.76. The molecule has 2 N–H and O–H groups in total. The van der Waals surface area contributed by atoms with Crippen molar-refractivity contribution in [3.8, 4) is 5.75 Å². The Bertz CT molecular complexity index is 593. The average Bonchev–Trinajstić information content (AvgIpc) is 2.42. The lowest BCUT2D eigenvalue weighted by molar-refractivity contribution is 0.404. The van der Waals surface area contributed by atoms with Crippen LogP contribution in [0.25, 0.3) is 0 Å². The van der Waals surface area contributed by atoms with Crippen LogP contribution in [0.3, 0.4) is 0 Å². The van der Waals surface area contributed by atoms with E-state index in [1.807, 2.05) is 25.1 Å². The van der Waals surface area contributed by atoms with E-state index in [4.69, 9.17) is 10.5 Å². The van der Waals surface area contributed by atoms with E-state index < -0.39 is 17.7 Å². The first-order valence-electron chi connectivity index (χ1n) is 6.36. The third-order valence-electron chi connectivity index (χ3n) is 3.27. The van der Waals surface area contributed by atoms with Gasteiger partial charge in [-0.25, -0.2) is 8.78 Å². The lowest BCUT2D eigenvalue weighted by Gasteiger charge is -2.17. The van der Waals surface area contributed by atoms with Gasteiger partial charge in [0.1, 0.15) is 17.4 Å². The molecule has 20 heavy (non-hydrogen) atoms. The Kier molecular flexibility index (Phi) is 4.35. The van der Waals surface area contributed by atoms with Gasteiger partial charge in [-0.05, 0) is 37.1 Å². The minimum absolute atomic E-state index is 0.00243. The van der Waals surface area contributed by atoms with Crippen molar-refractivity contribution in [1.82, 2.24) is 0 Å². The summed E-state index contributed by atoms with van der Waals surface area (Å²) in [4.78, 5) is 0. The molecule has 0 aromatic heterocycles. The monoisotopic (exact) mass is 277 g/mol. The largest absolute Gasteiger partial charge is 0.496 e. The van der Waals surface area contributed by atoms with Gasteiger partial charge in [-0.2, -0.15) is 0 Å². The molecule has 1 atom stereocenters. The first kappa shape index (κ1) is 14.5. The van der Waals surface area contributed by atoms with Crippen molar-refractivity contribution in [3.63, 3.8) is 0 Å². The van der Waals surface area contributed by atoms with Crippen molar-refractivity contribution in [2.24, 2.45) is 5.73 Å². The highest BCUT2D eigenvalue weighted by molar-refractivity contribution is 5.40. The van der Waals surface area contributed by atoms with E-state index in [0.717, 1.165) is 11.1 Å². The summed E-state index contributed by atoms with van der Waals surface area (Å²) in [5.74, 6) is -0.521. The normalized spacial score (nSPS) is 12.2. The van der Waals surface area contributed by atoms with E-state index >= 15 is 0 Å². The van der Waals surface area contributed by atoms with Crippen molar-refractivity contribution in [3.05, 3.63) is 64.7 Å². The van der Waals surface area contributed by atoms with E-state index in [1.165, 1.54) is 18.2 Å². The van der Waals surface area contributed by atoms with Crippen LogP contribution in [0.4, 0.5) is 8.78 Å². The van der Waals surface area contributed by atoms with Gasteiger partial charge in [0.05, 0.1) is 7.11 Å². The number of nitrogens with two attached hydrogens (primary N) is 1. The van der Waals surface area contributed by atoms with E-state index in [0.29, 0.717) is 5.75 Å². The van der Waals surface area contributed by atoms with E-state index in [2.05, 4.69) is 0 Å². The van der Waals surface area contributed by atoms with E-state index in [9.17, 15) is 8.78 Å². The fourth-order valence-electron chi connectivity index (χ4n) is 2.18. The molecule has 0 aliphatic heterocycles. The minimum Gasteiger partial charge on any atom is -0.496 e. The molecule has 0 fully saturated rings. The molecule has 0 spiro atoms. The summed E-state index contributed by atoms with van der Waals surface area (Å²) in [5.41, 5.74) is 7.85. The molecule has 4 heteroatoms. The summed E-state index contributed by atoms with van der Waals surface area (Å²) in [5, 5.41) is 0. The van der Waals surface area contributed by atoms with Crippen LogP contribution in [0.2, 0.25) is 0 Å². The second-order valence-corrected chi connectivity index (χ2v) is 4.76. The van der Waals surface area contributed by atoms with Crippen molar-refractivity contribution in [2.45, 2.75) is 19.4 Å². The lowest BCUT2D eigenvalue weighted by Crippen LogP contribution is -2.16. The van der Waals surface area contributed by atoms with Crippen molar-refractivity contribution >= 4 is 0 Å². The number of hydrogen-bond acceptors (Lipinski definition) is 2. The van der Waals surface area contributed by atoms with Gasteiger partial charge < -0.3 is 10.5 Å². The molecule has 106 valence electrons. The van der Waals surface area contributed by atoms with Crippen LogP contribution in [-0.4, -0.2) is 7.11 Å². The first-order chi connectivity index (χ1) is 9.52. The summed E-state index contributed by atoms with van der Waals surface area (Å²) in [6.07, 6.45) is 0.0813. The molecule has 1 unspecified atom stereocenters. The highest BCUT2D eigenvalue weighted by atomic mass is 19.1. The van der Waals surface area contributed by atoms with Crippen LogP contribution in [0, 0.1) is 18.6 Å². The highest BCUT2D eigenvalue weighted by Gasteiger charge is 2.17. The Balaban J connectivity index is 2.31. The van der Waals surface area contributed by atoms with Gasteiger partial charge in [-0.1, -0.05) is 18.2 Å². The Morgan fingerprint density at radius 2 is 1.80 bits per heavy atom. The third kappa shape index (κ3) is 2.96. The SMILES string of the molecule is COc1cc(C)ccc1C(N)Cc1c(F)cccc1F. The van der Waals surface area contributed by atoms with Crippen LogP contribution in [0.5, 0.6) is 5.75 Å². The molecule has 0 bridgehead atoms. The molecule has 0 aliphatic rings. The number of halogens is 2. The van der Waals surface area contributed by atoms with Gasteiger partial charge >= 0.3 is 0 Å². The van der Waals surface area contributed by atoms with Crippen LogP contribution in [0.1, 0.15) is 22.7 Å². The maximum Gasteiger partial charge on any atom is 0.129 e. The van der Waals surface area contributed by atoms with Crippen molar-refractivity contribution < 1.29 is 13.5 Å². The predicted molar refractivity (Wildman–Crippen MR) is 74.7 cm³/mol. The van der Waals surface area contributed by atoms with Gasteiger partial charge in [-0.3, -0.25) is 0 Å². The summed E-state index contributed by atoms with van der Waals surface area (Å²) in [6.45, 7) is 1.94. The Hall–Kier alpha value is -1.94. The molecule has 2 aromatic carbocycles. The third-order valence-corrected chi connectivity index (χ3v) is 3.27. The fourth-order valence-corrected chi connectivity index (χ4v) is 2.18. The van der Waals surface area contributed by atoms with Crippen molar-refractivity contribution in [2.75, 3.05) is 7.11 Å². The van der Waals surface area contributed by atoms with Gasteiger partial charge in [0.15, 0.2) is 0 Å². The zero-order valence-corrected chi connectivity index (χ0v) is 11.5. The molecule has 0 saturated heterocycles. The molecule has 2 nitrogen and oxygen atoms in total. The van der Waals surface area contributed by atoms with Gasteiger partial charge in [0.2, 0.25) is 0 Å². The Morgan fingerprint density at radius 1 is 1.15 bits per heavy atom. The maximum atomic E-state index is 13.6. The number of methoxy groups -OCH3 is 1. The number of hydrogen-bond donors (Lipinski definition) is 1. The summed E-state index contributed by atoms with van der Waals surface area (Å²) in [7, 11) is 1.55. The lowest BCUT2D eigenvalue weighted by atomic mass is 9.97. The fraction of sp³-hybridized carbons (Fsp3) is 0.250. The molecule has 0 saturated carbocycles. The van der Waals surface area contributed by atoms with Crippen LogP contribution < -0.4 is 10.5 Å². The molecular formula is C16H17F2NO. The van der Waals surface area contributed by atoms with Crippen LogP contribution in [0.15, 0.2) is 36.4 Å². The first-order valence-corrected chi connectivity index (χ1v) is 6.36. The van der Waals surface area contributed by atoms with Crippen LogP contribution in [-0.2, 0) is 6.42 Å². The zero-order valence-electron chi connectivity index (χ0n) is 11.5. The van der Waals surface area contributed by atoms with E-state index in [1.54, 1.807) is 7.11 Å². The maximum absolute atomic E-state index is 13.6. The van der Waals surface area contributed by atoms with Gasteiger partial charge in [0, 0.05) is 17.2 Å². The molecule has 0 amide bonds. The predicted octanol–water partition coefficient (Wildman–Crippen LogP) is 3.52. The highest BCUT2D eigenvalue weighted by Crippen LogP contribution is 2.28. The molecule has 0 heterocycles. The summed E-state index contributed by atoms with van der Waals surface area (Å²) >= 11 is 0. The number of rotatable bonds is 4. The van der Waals surface area contributed by atoms with Crippen LogP contribution >= 0.6 is 0 Å².